The topological polar surface area (TPSA) is 71.1 Å². The summed E-state index contributed by atoms with van der Waals surface area (Å²) in [7, 11) is 0. The van der Waals surface area contributed by atoms with Gasteiger partial charge in [-0.05, 0) is 26.7 Å². The number of carbonyl (C=O) groups is 2. The molecule has 0 aromatic heterocycles. The molecule has 1 rings (SSSR count). The second kappa shape index (κ2) is 8.26. The first-order valence-corrected chi connectivity index (χ1v) is 7.63. The van der Waals surface area contributed by atoms with Crippen molar-refractivity contribution in [3.63, 3.8) is 0 Å². The highest BCUT2D eigenvalue weighted by atomic mass is 16.8. The Labute approximate surface area is 137 Å². The van der Waals surface area contributed by atoms with E-state index in [-0.39, 0.29) is 0 Å². The quantitative estimate of drug-likeness (QED) is 0.504. The first kappa shape index (κ1) is 19.4. The Hall–Kier alpha value is -1.66. The first-order valence-electron chi connectivity index (χ1n) is 7.63. The molecular weight excluding hydrogens is 300 g/mol. The van der Waals surface area contributed by atoms with E-state index in [1.807, 2.05) is 0 Å². The average Bonchev–Trinajstić information content (AvgIpc) is 2.75. The number of rotatable bonds is 8. The molecule has 0 bridgehead atoms. The number of esters is 2. The molecule has 4 atom stereocenters. The summed E-state index contributed by atoms with van der Waals surface area (Å²) in [5.74, 6) is -1.78. The summed E-state index contributed by atoms with van der Waals surface area (Å²) in [6.07, 6.45) is 1.84. The molecule has 0 amide bonds. The lowest BCUT2D eigenvalue weighted by Gasteiger charge is -2.31. The molecule has 0 spiro atoms. The van der Waals surface area contributed by atoms with Crippen molar-refractivity contribution in [1.29, 1.82) is 0 Å². The molecule has 0 aromatic carbocycles. The van der Waals surface area contributed by atoms with Crippen LogP contribution in [0.4, 0.5) is 0 Å². The highest BCUT2D eigenvalue weighted by Gasteiger charge is 2.48. The molecule has 6 heteroatoms. The summed E-state index contributed by atoms with van der Waals surface area (Å²) >= 11 is 0. The van der Waals surface area contributed by atoms with E-state index in [1.54, 1.807) is 26.0 Å². The fourth-order valence-corrected chi connectivity index (χ4v) is 2.59. The van der Waals surface area contributed by atoms with Gasteiger partial charge in [-0.2, -0.15) is 0 Å². The molecule has 0 saturated carbocycles. The summed E-state index contributed by atoms with van der Waals surface area (Å²) in [4.78, 5) is 22.9. The molecule has 1 aliphatic rings. The van der Waals surface area contributed by atoms with Crippen LogP contribution in [0, 0.1) is 0 Å². The number of allylic oxidation sites excluding steroid dienone is 1. The lowest BCUT2D eigenvalue weighted by molar-refractivity contribution is -0.188. The monoisotopic (exact) mass is 326 g/mol. The Morgan fingerprint density at radius 2 is 1.78 bits per heavy atom. The molecule has 23 heavy (non-hydrogen) atoms. The predicted octanol–water partition coefficient (Wildman–Crippen LogP) is 2.52. The van der Waals surface area contributed by atoms with Crippen molar-refractivity contribution in [3.05, 3.63) is 25.3 Å². The number of ether oxygens (including phenoxy) is 4. The Kier molecular flexibility index (Phi) is 6.97. The lowest BCUT2D eigenvalue weighted by atomic mass is 9.99. The Morgan fingerprint density at radius 3 is 2.26 bits per heavy atom. The van der Waals surface area contributed by atoms with Crippen molar-refractivity contribution in [2.75, 3.05) is 0 Å². The van der Waals surface area contributed by atoms with Crippen LogP contribution in [0.3, 0.4) is 0 Å². The molecule has 6 nitrogen and oxygen atoms in total. The van der Waals surface area contributed by atoms with Gasteiger partial charge in [0.05, 0.1) is 0 Å². The van der Waals surface area contributed by atoms with Gasteiger partial charge in [-0.15, -0.1) is 13.2 Å². The van der Waals surface area contributed by atoms with Crippen LogP contribution < -0.4 is 0 Å². The van der Waals surface area contributed by atoms with Gasteiger partial charge in [0.1, 0.15) is 18.3 Å². The van der Waals surface area contributed by atoms with Crippen molar-refractivity contribution in [2.24, 2.45) is 0 Å². The van der Waals surface area contributed by atoms with E-state index < -0.39 is 42.1 Å². The van der Waals surface area contributed by atoms with E-state index in [0.717, 1.165) is 0 Å². The molecule has 1 fully saturated rings. The van der Waals surface area contributed by atoms with Gasteiger partial charge < -0.3 is 18.9 Å². The van der Waals surface area contributed by atoms with Gasteiger partial charge in [0.15, 0.2) is 11.9 Å². The minimum atomic E-state index is -0.846. The predicted molar refractivity (Wildman–Crippen MR) is 84.6 cm³/mol. The van der Waals surface area contributed by atoms with Crippen molar-refractivity contribution < 1.29 is 28.5 Å². The first-order chi connectivity index (χ1) is 10.7. The molecule has 130 valence electrons. The van der Waals surface area contributed by atoms with Gasteiger partial charge >= 0.3 is 11.9 Å². The fourth-order valence-electron chi connectivity index (χ4n) is 2.59. The highest BCUT2D eigenvalue weighted by Crippen LogP contribution is 2.34. The van der Waals surface area contributed by atoms with Crippen molar-refractivity contribution >= 4 is 11.9 Å². The fraction of sp³-hybridized carbons (Fsp3) is 0.647. The minimum absolute atomic E-state index is 0.454. The van der Waals surface area contributed by atoms with E-state index >= 15 is 0 Å². The second-order valence-electron chi connectivity index (χ2n) is 5.89. The van der Waals surface area contributed by atoms with Crippen molar-refractivity contribution in [1.82, 2.24) is 0 Å². The zero-order valence-electron chi connectivity index (χ0n) is 14.2. The largest absolute Gasteiger partial charge is 0.458 e. The Morgan fingerprint density at radius 1 is 1.17 bits per heavy atom. The van der Waals surface area contributed by atoms with Crippen LogP contribution in [0.5, 0.6) is 0 Å². The summed E-state index contributed by atoms with van der Waals surface area (Å²) in [5.41, 5.74) is 0. The van der Waals surface area contributed by atoms with Gasteiger partial charge in [-0.25, -0.2) is 0 Å². The summed E-state index contributed by atoms with van der Waals surface area (Å²) < 4.78 is 22.4. The van der Waals surface area contributed by atoms with E-state index in [9.17, 15) is 9.59 Å². The third-order valence-electron chi connectivity index (χ3n) is 3.36. The van der Waals surface area contributed by atoms with Gasteiger partial charge in [0.25, 0.3) is 0 Å². The third-order valence-corrected chi connectivity index (χ3v) is 3.36. The number of carbonyl (C=O) groups excluding carboxylic acids is 2. The molecule has 0 radical (unpaired) electrons. The zero-order valence-corrected chi connectivity index (χ0v) is 14.2. The van der Waals surface area contributed by atoms with E-state index in [2.05, 4.69) is 13.2 Å². The van der Waals surface area contributed by atoms with E-state index in [4.69, 9.17) is 18.9 Å². The second-order valence-corrected chi connectivity index (χ2v) is 5.89. The standard InChI is InChI=1S/C17H26O6/c1-7-9-10-14(20-11(3)18)15(21-12(4)19)16-13(8-2)22-17(5,6)23-16/h7-8,13-16H,1-2,9-10H2,3-6H3/t13-,14-,15?,16?/m0/s1. The molecule has 1 saturated heterocycles. The van der Waals surface area contributed by atoms with Crippen LogP contribution in [-0.2, 0) is 28.5 Å². The summed E-state index contributed by atoms with van der Waals surface area (Å²) in [6.45, 7) is 13.5. The number of hydrogen-bond acceptors (Lipinski definition) is 6. The SMILES string of the molecule is C=CCC[C@H](OC(C)=O)C(OC(C)=O)C1OC(C)(C)O[C@H]1C=C. The summed E-state index contributed by atoms with van der Waals surface area (Å²) in [5, 5.41) is 0. The van der Waals surface area contributed by atoms with Crippen molar-refractivity contribution in [3.8, 4) is 0 Å². The molecule has 2 unspecified atom stereocenters. The zero-order chi connectivity index (χ0) is 17.6. The maximum atomic E-state index is 11.5. The average molecular weight is 326 g/mol. The van der Waals surface area contributed by atoms with E-state index in [1.165, 1.54) is 13.8 Å². The highest BCUT2D eigenvalue weighted by molar-refractivity contribution is 5.67. The normalized spacial score (nSPS) is 25.2. The third kappa shape index (κ3) is 5.80. The van der Waals surface area contributed by atoms with Crippen LogP contribution in [0.2, 0.25) is 0 Å². The van der Waals surface area contributed by atoms with Gasteiger partial charge in [0.2, 0.25) is 0 Å². The lowest BCUT2D eigenvalue weighted by Crippen LogP contribution is -2.47. The van der Waals surface area contributed by atoms with Crippen LogP contribution >= 0.6 is 0 Å². The molecule has 1 aliphatic heterocycles. The summed E-state index contributed by atoms with van der Waals surface area (Å²) in [6, 6.07) is 0. The van der Waals surface area contributed by atoms with Crippen LogP contribution in [0.25, 0.3) is 0 Å². The molecule has 1 heterocycles. The minimum Gasteiger partial charge on any atom is -0.458 e. The Balaban J connectivity index is 3.07. The van der Waals surface area contributed by atoms with Gasteiger partial charge in [-0.1, -0.05) is 12.2 Å². The molecule has 0 aliphatic carbocycles. The molecule has 0 N–H and O–H groups in total. The maximum absolute atomic E-state index is 11.5. The maximum Gasteiger partial charge on any atom is 0.303 e. The molecule has 0 aromatic rings. The van der Waals surface area contributed by atoms with Crippen molar-refractivity contribution in [2.45, 2.75) is 70.7 Å². The molecular formula is C17H26O6. The Bertz CT molecular complexity index is 456. The van der Waals surface area contributed by atoms with Crippen LogP contribution in [-0.4, -0.2) is 42.1 Å². The van der Waals surface area contributed by atoms with Crippen LogP contribution in [0.1, 0.15) is 40.5 Å². The van der Waals surface area contributed by atoms with Gasteiger partial charge in [0, 0.05) is 13.8 Å². The smallest absolute Gasteiger partial charge is 0.303 e. The number of hydrogen-bond donors (Lipinski definition) is 0. The van der Waals surface area contributed by atoms with E-state index in [0.29, 0.717) is 12.8 Å². The van der Waals surface area contributed by atoms with Gasteiger partial charge in [-0.3, -0.25) is 9.59 Å². The van der Waals surface area contributed by atoms with Crippen LogP contribution in [0.15, 0.2) is 25.3 Å².